The molecule has 0 aliphatic heterocycles. The minimum absolute atomic E-state index is 0.239. The van der Waals surface area contributed by atoms with Crippen LogP contribution in [-0.2, 0) is 13.0 Å². The van der Waals surface area contributed by atoms with E-state index in [1.165, 1.54) is 5.56 Å². The van der Waals surface area contributed by atoms with Crippen molar-refractivity contribution in [3.8, 4) is 23.0 Å². The quantitative estimate of drug-likeness (QED) is 0.213. The Bertz CT molecular complexity index is 1350. The van der Waals surface area contributed by atoms with Gasteiger partial charge in [-0.2, -0.15) is 0 Å². The van der Waals surface area contributed by atoms with Gasteiger partial charge in [0.15, 0.2) is 0 Å². The van der Waals surface area contributed by atoms with Gasteiger partial charge in [-0.15, -0.1) is 5.54 Å². The van der Waals surface area contributed by atoms with E-state index in [9.17, 15) is 4.79 Å². The van der Waals surface area contributed by atoms with Gasteiger partial charge in [0.1, 0.15) is 19.6 Å². The van der Waals surface area contributed by atoms with Crippen LogP contribution in [0.15, 0.2) is 54.7 Å². The van der Waals surface area contributed by atoms with Crippen LogP contribution in [0.3, 0.4) is 0 Å². The lowest BCUT2D eigenvalue weighted by Crippen LogP contribution is -2.43. The maximum absolute atomic E-state index is 12.9. The smallest absolute Gasteiger partial charge is 0.412 e. The van der Waals surface area contributed by atoms with E-state index in [1.54, 1.807) is 13.3 Å². The summed E-state index contributed by atoms with van der Waals surface area (Å²) in [6, 6.07) is 16.2. The van der Waals surface area contributed by atoms with Gasteiger partial charge in [0, 0.05) is 22.9 Å². The number of pyridine rings is 1. The highest BCUT2D eigenvalue weighted by molar-refractivity contribution is 6.90. The number of hydrogen-bond acceptors (Lipinski definition) is 4. The molecule has 40 heavy (non-hydrogen) atoms. The number of aromatic nitrogens is 1. The second-order valence-corrected chi connectivity index (χ2v) is 17.0. The minimum atomic E-state index is -1.92. The van der Waals surface area contributed by atoms with E-state index in [2.05, 4.69) is 81.5 Å². The zero-order chi connectivity index (χ0) is 29.4. The molecule has 1 N–H and O–H groups in total. The normalized spacial score (nSPS) is 11.4. The SMILES string of the molecule is COc1c(C)cnc(CNC(=O)Oc2cc(C#C[Si](C(C)C)(C(C)C)C(C)C)cc(Cc3ccccc3)c2)c1C. The van der Waals surface area contributed by atoms with Crippen molar-refractivity contribution in [2.75, 3.05) is 7.11 Å². The molecule has 0 saturated carbocycles. The van der Waals surface area contributed by atoms with Crippen LogP contribution in [0.25, 0.3) is 0 Å². The zero-order valence-corrected chi connectivity index (χ0v) is 26.5. The predicted octanol–water partition coefficient (Wildman–Crippen LogP) is 8.16. The van der Waals surface area contributed by atoms with Gasteiger partial charge in [-0.25, -0.2) is 4.79 Å². The molecule has 0 radical (unpaired) electrons. The Morgan fingerprint density at radius 2 is 1.60 bits per heavy atom. The first-order valence-corrected chi connectivity index (χ1v) is 16.4. The van der Waals surface area contributed by atoms with Gasteiger partial charge in [0.05, 0.1) is 19.3 Å². The molecule has 1 amide bonds. The second kappa shape index (κ2) is 13.7. The molecule has 0 spiro atoms. The molecule has 2 aromatic carbocycles. The summed E-state index contributed by atoms with van der Waals surface area (Å²) in [6.07, 6.45) is 1.94. The second-order valence-electron chi connectivity index (χ2n) is 11.5. The zero-order valence-electron chi connectivity index (χ0n) is 25.5. The Morgan fingerprint density at radius 1 is 0.950 bits per heavy atom. The van der Waals surface area contributed by atoms with Crippen LogP contribution in [0, 0.1) is 25.3 Å². The number of aryl methyl sites for hydroxylation is 1. The Balaban J connectivity index is 1.91. The van der Waals surface area contributed by atoms with Gasteiger partial charge in [0.25, 0.3) is 0 Å². The largest absolute Gasteiger partial charge is 0.496 e. The topological polar surface area (TPSA) is 60.5 Å². The maximum atomic E-state index is 12.9. The summed E-state index contributed by atoms with van der Waals surface area (Å²) in [7, 11) is -0.279. The molecule has 0 fully saturated rings. The number of carbonyl (C=O) groups excluding carboxylic acids is 1. The van der Waals surface area contributed by atoms with E-state index in [0.717, 1.165) is 40.1 Å². The number of methoxy groups -OCH3 is 1. The monoisotopic (exact) mass is 556 g/mol. The molecule has 3 rings (SSSR count). The highest BCUT2D eigenvalue weighted by Gasteiger charge is 2.41. The number of carbonyl (C=O) groups is 1. The van der Waals surface area contributed by atoms with Crippen molar-refractivity contribution in [2.45, 2.75) is 85.0 Å². The Kier molecular flexibility index (Phi) is 10.6. The van der Waals surface area contributed by atoms with Crippen molar-refractivity contribution in [2.24, 2.45) is 0 Å². The lowest BCUT2D eigenvalue weighted by Gasteiger charge is -2.38. The van der Waals surface area contributed by atoms with Crippen LogP contribution in [0.2, 0.25) is 16.6 Å². The van der Waals surface area contributed by atoms with Crippen LogP contribution in [-0.4, -0.2) is 26.3 Å². The summed E-state index contributed by atoms with van der Waals surface area (Å²) >= 11 is 0. The summed E-state index contributed by atoms with van der Waals surface area (Å²) in [4.78, 5) is 17.3. The van der Waals surface area contributed by atoms with E-state index < -0.39 is 14.2 Å². The van der Waals surface area contributed by atoms with Crippen LogP contribution in [0.1, 0.15) is 75.1 Å². The fourth-order valence-electron chi connectivity index (χ4n) is 5.89. The number of rotatable bonds is 9. The van der Waals surface area contributed by atoms with E-state index in [-0.39, 0.29) is 6.54 Å². The van der Waals surface area contributed by atoms with Gasteiger partial charge < -0.3 is 14.8 Å². The summed E-state index contributed by atoms with van der Waals surface area (Å²) < 4.78 is 11.3. The van der Waals surface area contributed by atoms with Gasteiger partial charge >= 0.3 is 6.09 Å². The predicted molar refractivity (Wildman–Crippen MR) is 167 cm³/mol. The van der Waals surface area contributed by atoms with E-state index in [1.807, 2.05) is 44.2 Å². The number of benzene rings is 2. The van der Waals surface area contributed by atoms with Crippen molar-refractivity contribution in [1.29, 1.82) is 0 Å². The third-order valence-electron chi connectivity index (χ3n) is 7.87. The number of amides is 1. The summed E-state index contributed by atoms with van der Waals surface area (Å²) in [5.74, 6) is 4.79. The van der Waals surface area contributed by atoms with Gasteiger partial charge in [-0.05, 0) is 66.2 Å². The molecule has 0 unspecified atom stereocenters. The van der Waals surface area contributed by atoms with Crippen LogP contribution < -0.4 is 14.8 Å². The highest BCUT2D eigenvalue weighted by Crippen LogP contribution is 2.40. The highest BCUT2D eigenvalue weighted by atomic mass is 28.3. The van der Waals surface area contributed by atoms with Crippen molar-refractivity contribution in [3.63, 3.8) is 0 Å². The molecule has 5 nitrogen and oxygen atoms in total. The lowest BCUT2D eigenvalue weighted by atomic mass is 10.0. The number of ether oxygens (including phenoxy) is 2. The van der Waals surface area contributed by atoms with Crippen molar-refractivity contribution in [1.82, 2.24) is 10.3 Å². The van der Waals surface area contributed by atoms with Crippen molar-refractivity contribution >= 4 is 14.2 Å². The number of hydrogen-bond donors (Lipinski definition) is 1. The third-order valence-corrected chi connectivity index (χ3v) is 14.2. The first kappa shape index (κ1) is 31.0. The summed E-state index contributed by atoms with van der Waals surface area (Å²) in [6.45, 7) is 18.0. The molecule has 1 heterocycles. The molecule has 0 saturated heterocycles. The summed E-state index contributed by atoms with van der Waals surface area (Å²) in [5, 5.41) is 2.84. The van der Waals surface area contributed by atoms with Gasteiger partial charge in [-0.3, -0.25) is 4.98 Å². The van der Waals surface area contributed by atoms with E-state index >= 15 is 0 Å². The van der Waals surface area contributed by atoms with Crippen molar-refractivity contribution in [3.05, 3.63) is 88.2 Å². The van der Waals surface area contributed by atoms with Gasteiger partial charge in [-0.1, -0.05) is 77.8 Å². The van der Waals surface area contributed by atoms with Crippen molar-refractivity contribution < 1.29 is 14.3 Å². The Morgan fingerprint density at radius 3 is 2.20 bits per heavy atom. The average molecular weight is 557 g/mol. The van der Waals surface area contributed by atoms with Crippen LogP contribution in [0.5, 0.6) is 11.5 Å². The molecule has 0 aliphatic carbocycles. The minimum Gasteiger partial charge on any atom is -0.496 e. The molecule has 0 atom stereocenters. The molecular weight excluding hydrogens is 512 g/mol. The molecule has 0 bridgehead atoms. The Labute approximate surface area is 241 Å². The fourth-order valence-corrected chi connectivity index (χ4v) is 11.1. The molecule has 212 valence electrons. The van der Waals surface area contributed by atoms with Crippen LogP contribution in [0.4, 0.5) is 4.79 Å². The first-order valence-electron chi connectivity index (χ1n) is 14.1. The van der Waals surface area contributed by atoms with E-state index in [0.29, 0.717) is 22.4 Å². The molecule has 3 aromatic rings. The molecule has 6 heteroatoms. The van der Waals surface area contributed by atoms with E-state index in [4.69, 9.17) is 9.47 Å². The number of nitrogens with one attached hydrogen (secondary N) is 1. The first-order chi connectivity index (χ1) is 19.0. The third kappa shape index (κ3) is 7.34. The van der Waals surface area contributed by atoms with Crippen LogP contribution >= 0.6 is 0 Å². The standard InChI is InChI=1S/C34H44N2O3Si/c1-23(2)40(24(3)4,25(5)6)16-15-29-18-30(17-28-13-11-10-12-14-28)20-31(19-29)39-34(37)36-22-32-27(8)33(38-9)26(7)21-35-32/h10-14,18-21,23-25H,17,22H2,1-9H3,(H,36,37). The van der Waals surface area contributed by atoms with Gasteiger partial charge in [0.2, 0.25) is 0 Å². The average Bonchev–Trinajstić information content (AvgIpc) is 2.89. The fraction of sp³-hybridized carbons (Fsp3) is 0.412. The summed E-state index contributed by atoms with van der Waals surface area (Å²) in [5.41, 5.74) is 11.1. The molecule has 1 aromatic heterocycles. The lowest BCUT2D eigenvalue weighted by molar-refractivity contribution is 0.200. The maximum Gasteiger partial charge on any atom is 0.412 e. The Hall–Kier alpha value is -3.56. The molecule has 0 aliphatic rings. The molecular formula is C34H44N2O3Si. The number of nitrogens with zero attached hydrogens (tertiary/aromatic N) is 1.